The number of aliphatic hydroxyl groups excluding tert-OH is 1. The van der Waals surface area contributed by atoms with Crippen molar-refractivity contribution in [2.45, 2.75) is 20.0 Å². The minimum Gasteiger partial charge on any atom is -0.387 e. The Labute approximate surface area is 119 Å². The lowest BCUT2D eigenvalue weighted by Gasteiger charge is -2.25. The van der Waals surface area contributed by atoms with E-state index in [9.17, 15) is 9.90 Å². The first-order chi connectivity index (χ1) is 8.90. The highest BCUT2D eigenvalue weighted by Crippen LogP contribution is 2.23. The maximum Gasteiger partial charge on any atom is 0.231 e. The van der Waals surface area contributed by atoms with E-state index in [0.29, 0.717) is 29.6 Å². The first-order valence-corrected chi connectivity index (χ1v) is 6.71. The third-order valence-corrected chi connectivity index (χ3v) is 3.04. The summed E-state index contributed by atoms with van der Waals surface area (Å²) < 4.78 is 0. The molecule has 106 valence electrons. The van der Waals surface area contributed by atoms with E-state index in [1.807, 2.05) is 17.0 Å². The number of nitrogens with two attached hydrogens (primary N) is 1. The summed E-state index contributed by atoms with van der Waals surface area (Å²) >= 11 is 6.04. The van der Waals surface area contributed by atoms with Crippen LogP contribution in [0.2, 0.25) is 5.02 Å². The van der Waals surface area contributed by atoms with Crippen molar-refractivity contribution in [2.75, 3.05) is 19.6 Å². The van der Waals surface area contributed by atoms with E-state index in [-0.39, 0.29) is 6.54 Å². The van der Waals surface area contributed by atoms with Gasteiger partial charge in [-0.25, -0.2) is 0 Å². The molecule has 3 N–H and O–H groups in total. The Morgan fingerprint density at radius 2 is 2.00 bits per heavy atom. The maximum absolute atomic E-state index is 11.0. The van der Waals surface area contributed by atoms with Gasteiger partial charge in [0.2, 0.25) is 5.91 Å². The van der Waals surface area contributed by atoms with Crippen LogP contribution in [-0.4, -0.2) is 35.5 Å². The molecule has 0 aliphatic rings. The number of benzene rings is 1. The van der Waals surface area contributed by atoms with Gasteiger partial charge in [-0.1, -0.05) is 43.6 Å². The van der Waals surface area contributed by atoms with Crippen LogP contribution >= 0.6 is 11.6 Å². The molecule has 0 aliphatic carbocycles. The Bertz CT molecular complexity index is 424. The number of aliphatic hydroxyl groups is 1. The fourth-order valence-electron chi connectivity index (χ4n) is 2.03. The quantitative estimate of drug-likeness (QED) is 0.802. The van der Waals surface area contributed by atoms with Gasteiger partial charge >= 0.3 is 0 Å². The first-order valence-electron chi connectivity index (χ1n) is 6.33. The summed E-state index contributed by atoms with van der Waals surface area (Å²) in [5.41, 5.74) is 5.89. The van der Waals surface area contributed by atoms with Crippen LogP contribution in [0.25, 0.3) is 0 Å². The SMILES string of the molecule is CC(C)CN(CC(N)=O)CC(O)c1ccccc1Cl. The normalized spacial score (nSPS) is 12.9. The number of nitrogens with zero attached hydrogens (tertiary/aromatic N) is 1. The number of halogens is 1. The van der Waals surface area contributed by atoms with Crippen molar-refractivity contribution in [1.82, 2.24) is 4.90 Å². The average Bonchev–Trinajstić information content (AvgIpc) is 2.27. The summed E-state index contributed by atoms with van der Waals surface area (Å²) in [7, 11) is 0. The number of hydrogen-bond acceptors (Lipinski definition) is 3. The molecule has 5 heteroatoms. The molecule has 4 nitrogen and oxygen atoms in total. The molecule has 1 amide bonds. The van der Waals surface area contributed by atoms with E-state index in [1.165, 1.54) is 0 Å². The van der Waals surface area contributed by atoms with Gasteiger partial charge in [0.1, 0.15) is 0 Å². The van der Waals surface area contributed by atoms with Gasteiger partial charge in [-0.3, -0.25) is 9.69 Å². The molecule has 0 aliphatic heterocycles. The second kappa shape index (κ2) is 7.48. The fraction of sp³-hybridized carbons (Fsp3) is 0.500. The fourth-order valence-corrected chi connectivity index (χ4v) is 2.29. The van der Waals surface area contributed by atoms with Crippen molar-refractivity contribution in [3.63, 3.8) is 0 Å². The zero-order chi connectivity index (χ0) is 14.4. The number of rotatable bonds is 7. The van der Waals surface area contributed by atoms with Crippen LogP contribution in [0.15, 0.2) is 24.3 Å². The minimum atomic E-state index is -0.730. The Morgan fingerprint density at radius 3 is 2.53 bits per heavy atom. The molecule has 1 aromatic carbocycles. The molecule has 0 fully saturated rings. The first kappa shape index (κ1) is 16.0. The summed E-state index contributed by atoms with van der Waals surface area (Å²) in [4.78, 5) is 12.9. The van der Waals surface area contributed by atoms with E-state index in [0.717, 1.165) is 0 Å². The van der Waals surface area contributed by atoms with Gasteiger partial charge in [-0.15, -0.1) is 0 Å². The van der Waals surface area contributed by atoms with Gasteiger partial charge in [0, 0.05) is 23.7 Å². The molecule has 0 radical (unpaired) electrons. The predicted octanol–water partition coefficient (Wildman–Crippen LogP) is 1.82. The molecular formula is C14H21ClN2O2. The monoisotopic (exact) mass is 284 g/mol. The van der Waals surface area contributed by atoms with Crippen molar-refractivity contribution in [1.29, 1.82) is 0 Å². The van der Waals surface area contributed by atoms with Crippen molar-refractivity contribution in [3.8, 4) is 0 Å². The van der Waals surface area contributed by atoms with Crippen LogP contribution in [0, 0.1) is 5.92 Å². The smallest absolute Gasteiger partial charge is 0.231 e. The summed E-state index contributed by atoms with van der Waals surface area (Å²) in [6.07, 6.45) is -0.730. The van der Waals surface area contributed by atoms with E-state index in [4.69, 9.17) is 17.3 Å². The molecule has 1 aromatic rings. The highest BCUT2D eigenvalue weighted by Gasteiger charge is 2.17. The molecule has 0 heterocycles. The lowest BCUT2D eigenvalue weighted by Crippen LogP contribution is -2.38. The molecule has 0 saturated heterocycles. The predicted molar refractivity (Wildman–Crippen MR) is 76.9 cm³/mol. The molecule has 0 spiro atoms. The molecule has 0 saturated carbocycles. The minimum absolute atomic E-state index is 0.139. The highest BCUT2D eigenvalue weighted by molar-refractivity contribution is 6.31. The van der Waals surface area contributed by atoms with Gasteiger partial charge in [-0.2, -0.15) is 0 Å². The van der Waals surface area contributed by atoms with Crippen LogP contribution in [-0.2, 0) is 4.79 Å². The zero-order valence-corrected chi connectivity index (χ0v) is 12.1. The van der Waals surface area contributed by atoms with Crippen molar-refractivity contribution in [2.24, 2.45) is 11.7 Å². The number of primary amides is 1. The summed E-state index contributed by atoms with van der Waals surface area (Å²) in [5, 5.41) is 10.7. The highest BCUT2D eigenvalue weighted by atomic mass is 35.5. The van der Waals surface area contributed by atoms with Gasteiger partial charge in [0.25, 0.3) is 0 Å². The van der Waals surface area contributed by atoms with E-state index in [2.05, 4.69) is 13.8 Å². The largest absolute Gasteiger partial charge is 0.387 e. The topological polar surface area (TPSA) is 66.6 Å². The summed E-state index contributed by atoms with van der Waals surface area (Å²) in [5.74, 6) is -0.00944. The molecule has 1 unspecified atom stereocenters. The van der Waals surface area contributed by atoms with Crippen LogP contribution in [0.4, 0.5) is 0 Å². The molecule has 1 atom stereocenters. The molecular weight excluding hydrogens is 264 g/mol. The molecule has 1 rings (SSSR count). The van der Waals surface area contributed by atoms with Crippen LogP contribution in [0.3, 0.4) is 0 Å². The van der Waals surface area contributed by atoms with E-state index >= 15 is 0 Å². The van der Waals surface area contributed by atoms with Gasteiger partial charge in [0.05, 0.1) is 12.6 Å². The van der Waals surface area contributed by atoms with Crippen LogP contribution in [0.1, 0.15) is 25.5 Å². The maximum atomic E-state index is 11.0. The molecule has 0 bridgehead atoms. The molecule has 19 heavy (non-hydrogen) atoms. The third kappa shape index (κ3) is 5.59. The van der Waals surface area contributed by atoms with E-state index in [1.54, 1.807) is 12.1 Å². The Hall–Kier alpha value is -1.10. The third-order valence-electron chi connectivity index (χ3n) is 2.70. The number of carbonyl (C=O) groups is 1. The van der Waals surface area contributed by atoms with Crippen molar-refractivity contribution in [3.05, 3.63) is 34.9 Å². The number of hydrogen-bond donors (Lipinski definition) is 2. The average molecular weight is 285 g/mol. The molecule has 0 aromatic heterocycles. The van der Waals surface area contributed by atoms with Crippen molar-refractivity contribution < 1.29 is 9.90 Å². The zero-order valence-electron chi connectivity index (χ0n) is 11.3. The van der Waals surface area contributed by atoms with Crippen molar-refractivity contribution >= 4 is 17.5 Å². The summed E-state index contributed by atoms with van der Waals surface area (Å²) in [6, 6.07) is 7.16. The van der Waals surface area contributed by atoms with Crippen LogP contribution < -0.4 is 5.73 Å². The lowest BCUT2D eigenvalue weighted by molar-refractivity contribution is -0.119. The van der Waals surface area contributed by atoms with Gasteiger partial charge in [-0.05, 0) is 12.0 Å². The Kier molecular flexibility index (Phi) is 6.28. The number of carbonyl (C=O) groups excluding carboxylic acids is 1. The Morgan fingerprint density at radius 1 is 1.37 bits per heavy atom. The van der Waals surface area contributed by atoms with Gasteiger partial charge in [0.15, 0.2) is 0 Å². The van der Waals surface area contributed by atoms with E-state index < -0.39 is 12.0 Å². The standard InChI is InChI=1S/C14H21ClN2O2/c1-10(2)7-17(9-14(16)19)8-13(18)11-5-3-4-6-12(11)15/h3-6,10,13,18H,7-9H2,1-2H3,(H2,16,19). The summed E-state index contributed by atoms with van der Waals surface area (Å²) in [6.45, 7) is 5.28. The van der Waals surface area contributed by atoms with Crippen LogP contribution in [0.5, 0.6) is 0 Å². The second-order valence-corrected chi connectivity index (χ2v) is 5.50. The Balaban J connectivity index is 2.72. The lowest BCUT2D eigenvalue weighted by atomic mass is 10.1. The second-order valence-electron chi connectivity index (χ2n) is 5.09. The van der Waals surface area contributed by atoms with Gasteiger partial charge < -0.3 is 10.8 Å². The number of amides is 1.